The Hall–Kier alpha value is -3.29. The molecule has 26 heavy (non-hydrogen) atoms. The van der Waals surface area contributed by atoms with Crippen molar-refractivity contribution in [2.75, 3.05) is 5.73 Å². The smallest absolute Gasteiger partial charge is 0.398 e. The van der Waals surface area contributed by atoms with Crippen molar-refractivity contribution in [3.05, 3.63) is 70.0 Å². The van der Waals surface area contributed by atoms with E-state index in [1.807, 2.05) is 24.3 Å². The van der Waals surface area contributed by atoms with Crippen LogP contribution >= 0.6 is 0 Å². The summed E-state index contributed by atoms with van der Waals surface area (Å²) in [4.78, 5) is 12.9. The molecule has 4 rings (SSSR count). The molecule has 3 N–H and O–H groups in total. The van der Waals surface area contributed by atoms with Crippen LogP contribution in [0.25, 0.3) is 22.1 Å². The van der Waals surface area contributed by atoms with Gasteiger partial charge in [0, 0.05) is 10.9 Å². The number of pyridine rings is 1. The highest BCUT2D eigenvalue weighted by atomic mass is 19.4. The lowest BCUT2D eigenvalue weighted by Crippen LogP contribution is -2.27. The molecule has 8 heteroatoms. The number of aromatic amines is 1. The number of halogens is 3. The number of nitrogens with two attached hydrogens (primary N) is 1. The quantitative estimate of drug-likeness (QED) is 0.513. The summed E-state index contributed by atoms with van der Waals surface area (Å²) in [6, 6.07) is 11.7. The van der Waals surface area contributed by atoms with Crippen molar-refractivity contribution < 1.29 is 17.7 Å². The van der Waals surface area contributed by atoms with Gasteiger partial charge in [-0.05, 0) is 43.3 Å². The lowest BCUT2D eigenvalue weighted by Gasteiger charge is -2.05. The number of fused-ring (bicyclic) bond motifs is 3. The zero-order valence-electron chi connectivity index (χ0n) is 13.6. The van der Waals surface area contributed by atoms with Crippen LogP contribution in [0, 0.1) is 6.92 Å². The van der Waals surface area contributed by atoms with Crippen LogP contribution in [0.4, 0.5) is 18.9 Å². The molecule has 0 aliphatic carbocycles. The molecule has 132 valence electrons. The van der Waals surface area contributed by atoms with Gasteiger partial charge in [0.25, 0.3) is 0 Å². The van der Waals surface area contributed by atoms with E-state index >= 15 is 0 Å². The van der Waals surface area contributed by atoms with Crippen LogP contribution in [-0.2, 0) is 6.18 Å². The summed E-state index contributed by atoms with van der Waals surface area (Å²) < 4.78 is 41.0. The van der Waals surface area contributed by atoms with Crippen molar-refractivity contribution in [1.82, 2.24) is 9.90 Å². The molecule has 5 nitrogen and oxygen atoms in total. The molecule has 0 fully saturated rings. The fourth-order valence-electron chi connectivity index (χ4n) is 3.10. The maximum atomic E-state index is 12.9. The molecule has 0 unspecified atom stereocenters. The Balaban J connectivity index is 2.01. The molecule has 2 aromatic carbocycles. The molecule has 0 radical (unpaired) electrons. The van der Waals surface area contributed by atoms with Gasteiger partial charge in [0.2, 0.25) is 5.52 Å². The number of nitrogens with one attached hydrogen (secondary N) is 1. The third-order valence-electron chi connectivity index (χ3n) is 4.48. The number of H-pyrrole nitrogens is 1. The second kappa shape index (κ2) is 5.35. The number of alkyl halides is 3. The van der Waals surface area contributed by atoms with E-state index in [-0.39, 0.29) is 5.56 Å². The lowest BCUT2D eigenvalue weighted by atomic mass is 10.1. The van der Waals surface area contributed by atoms with Crippen LogP contribution in [0.1, 0.15) is 11.1 Å². The summed E-state index contributed by atoms with van der Waals surface area (Å²) in [6.07, 6.45) is -4.43. The second-order valence-electron chi connectivity index (χ2n) is 6.03. The SMILES string of the molecule is Cc1c(N)c2ccccc2[n+]2[nH]n(-c3ccc(C(F)(F)F)cc3)c(=O)c12. The topological polar surface area (TPSA) is 67.9 Å². The number of rotatable bonds is 1. The van der Waals surface area contributed by atoms with Crippen molar-refractivity contribution in [2.45, 2.75) is 13.1 Å². The highest BCUT2D eigenvalue weighted by Crippen LogP contribution is 2.29. The Bertz CT molecular complexity index is 1200. The number of aryl methyl sites for hydroxylation is 1. The third-order valence-corrected chi connectivity index (χ3v) is 4.48. The van der Waals surface area contributed by atoms with Gasteiger partial charge in [0.15, 0.2) is 11.2 Å². The molecule has 0 bridgehead atoms. The van der Waals surface area contributed by atoms with Crippen molar-refractivity contribution in [3.63, 3.8) is 0 Å². The van der Waals surface area contributed by atoms with Crippen molar-refractivity contribution in [3.8, 4) is 5.69 Å². The zero-order valence-corrected chi connectivity index (χ0v) is 13.6. The minimum atomic E-state index is -4.43. The van der Waals surface area contributed by atoms with Crippen LogP contribution in [0.2, 0.25) is 0 Å². The predicted octanol–water partition coefficient (Wildman–Crippen LogP) is 2.97. The highest BCUT2D eigenvalue weighted by molar-refractivity contribution is 5.92. The van der Waals surface area contributed by atoms with Gasteiger partial charge >= 0.3 is 11.7 Å². The largest absolute Gasteiger partial charge is 0.416 e. The number of nitrogens with zero attached hydrogens (tertiary/aromatic N) is 2. The van der Waals surface area contributed by atoms with Gasteiger partial charge in [-0.1, -0.05) is 22.0 Å². The standard InChI is InChI=1S/C18H13F3N4O/c1-10-15(22)13-4-2-3-5-14(13)25-16(10)17(26)24(23-25)12-8-6-11(7-9-12)18(19,20)21/h2-9,22-23H,1H3/p+1. The predicted molar refractivity (Wildman–Crippen MR) is 91.2 cm³/mol. The summed E-state index contributed by atoms with van der Waals surface area (Å²) >= 11 is 0. The summed E-state index contributed by atoms with van der Waals surface area (Å²) in [5.74, 6) is 0. The Morgan fingerprint density at radius 1 is 1.08 bits per heavy atom. The molecule has 0 saturated carbocycles. The Labute approximate surface area is 145 Å². The van der Waals surface area contributed by atoms with E-state index in [1.165, 1.54) is 16.8 Å². The summed E-state index contributed by atoms with van der Waals surface area (Å²) in [5.41, 5.74) is 7.46. The molecule has 0 amide bonds. The van der Waals surface area contributed by atoms with Gasteiger partial charge in [-0.25, -0.2) is 4.79 Å². The Morgan fingerprint density at radius 2 is 1.73 bits per heavy atom. The van der Waals surface area contributed by atoms with E-state index < -0.39 is 11.7 Å². The summed E-state index contributed by atoms with van der Waals surface area (Å²) in [7, 11) is 0. The van der Waals surface area contributed by atoms with Crippen LogP contribution in [-0.4, -0.2) is 9.90 Å². The zero-order chi connectivity index (χ0) is 18.6. The summed E-state index contributed by atoms with van der Waals surface area (Å²) in [6.45, 7) is 1.74. The highest BCUT2D eigenvalue weighted by Gasteiger charge is 2.31. The molecule has 0 atom stereocenters. The summed E-state index contributed by atoms with van der Waals surface area (Å²) in [5, 5.41) is 3.71. The molecule has 0 aliphatic rings. The van der Waals surface area contributed by atoms with Gasteiger partial charge in [-0.2, -0.15) is 13.2 Å². The third kappa shape index (κ3) is 2.26. The van der Waals surface area contributed by atoms with E-state index in [4.69, 9.17) is 5.73 Å². The first-order valence-corrected chi connectivity index (χ1v) is 7.80. The van der Waals surface area contributed by atoms with Gasteiger partial charge < -0.3 is 5.73 Å². The Kier molecular flexibility index (Phi) is 3.33. The average Bonchev–Trinajstić information content (AvgIpc) is 2.97. The van der Waals surface area contributed by atoms with Crippen molar-refractivity contribution >= 4 is 22.1 Å². The molecule has 2 aromatic heterocycles. The first-order chi connectivity index (χ1) is 12.3. The van der Waals surface area contributed by atoms with Gasteiger partial charge in [0.05, 0.1) is 11.3 Å². The van der Waals surface area contributed by atoms with Gasteiger partial charge in [0.1, 0.15) is 0 Å². The number of anilines is 1. The number of hydrogen-bond donors (Lipinski definition) is 2. The maximum absolute atomic E-state index is 12.9. The molecule has 4 aromatic rings. The van der Waals surface area contributed by atoms with E-state index in [2.05, 4.69) is 5.21 Å². The molecule has 0 aliphatic heterocycles. The lowest BCUT2D eigenvalue weighted by molar-refractivity contribution is -0.555. The minimum absolute atomic E-state index is 0.300. The fourth-order valence-corrected chi connectivity index (χ4v) is 3.10. The van der Waals surface area contributed by atoms with E-state index in [1.54, 1.807) is 11.4 Å². The first-order valence-electron chi connectivity index (χ1n) is 7.80. The van der Waals surface area contributed by atoms with Gasteiger partial charge in [-0.15, -0.1) is 4.52 Å². The molecular weight excluding hydrogens is 345 g/mol. The van der Waals surface area contributed by atoms with Crippen LogP contribution in [0.15, 0.2) is 53.3 Å². The average molecular weight is 359 g/mol. The number of hydrogen-bond acceptors (Lipinski definition) is 2. The van der Waals surface area contributed by atoms with E-state index in [9.17, 15) is 18.0 Å². The molecule has 0 spiro atoms. The first kappa shape index (κ1) is 16.2. The van der Waals surface area contributed by atoms with E-state index in [0.29, 0.717) is 28.0 Å². The minimum Gasteiger partial charge on any atom is -0.398 e. The van der Waals surface area contributed by atoms with Crippen LogP contribution in [0.5, 0.6) is 0 Å². The molecule has 0 saturated heterocycles. The monoisotopic (exact) mass is 359 g/mol. The normalized spacial score (nSPS) is 12.2. The number of aromatic nitrogens is 3. The van der Waals surface area contributed by atoms with Gasteiger partial charge in [-0.3, -0.25) is 0 Å². The number of benzene rings is 2. The molecule has 2 heterocycles. The van der Waals surface area contributed by atoms with Crippen LogP contribution < -0.4 is 15.8 Å². The van der Waals surface area contributed by atoms with Crippen molar-refractivity contribution in [1.29, 1.82) is 0 Å². The maximum Gasteiger partial charge on any atom is 0.416 e. The second-order valence-corrected chi connectivity index (χ2v) is 6.03. The Morgan fingerprint density at radius 3 is 2.38 bits per heavy atom. The van der Waals surface area contributed by atoms with Crippen molar-refractivity contribution in [2.24, 2.45) is 0 Å². The van der Waals surface area contributed by atoms with E-state index in [0.717, 1.165) is 17.5 Å². The fraction of sp³-hybridized carbons (Fsp3) is 0.111. The number of nitrogen functional groups attached to an aromatic ring is 1. The molecular formula is C18H14F3N4O+. The number of para-hydroxylation sites is 1. The van der Waals surface area contributed by atoms with Crippen LogP contribution in [0.3, 0.4) is 0 Å².